The van der Waals surface area contributed by atoms with E-state index in [0.717, 1.165) is 31.2 Å². The van der Waals surface area contributed by atoms with E-state index in [1.807, 2.05) is 37.3 Å². The molecule has 0 saturated carbocycles. The van der Waals surface area contributed by atoms with E-state index in [2.05, 4.69) is 12.1 Å². The molecule has 0 radical (unpaired) electrons. The van der Waals surface area contributed by atoms with Gasteiger partial charge in [-0.25, -0.2) is 9.59 Å². The highest BCUT2D eigenvalue weighted by molar-refractivity contribution is 5.72. The molecule has 0 spiro atoms. The van der Waals surface area contributed by atoms with Crippen molar-refractivity contribution in [2.45, 2.75) is 52.1 Å². The summed E-state index contributed by atoms with van der Waals surface area (Å²) >= 11 is 0. The number of carboxylic acids is 1. The zero-order valence-electron chi connectivity index (χ0n) is 20.3. The highest BCUT2D eigenvalue weighted by Gasteiger charge is 2.18. The van der Waals surface area contributed by atoms with Crippen LogP contribution in [0.5, 0.6) is 5.75 Å². The maximum Gasteiger partial charge on any atom is 0.409 e. The van der Waals surface area contributed by atoms with Gasteiger partial charge in [-0.1, -0.05) is 49.4 Å². The molecule has 2 aromatic rings. The van der Waals surface area contributed by atoms with Gasteiger partial charge in [0.15, 0.2) is 6.10 Å². The molecule has 0 bridgehead atoms. The molecule has 1 N–H and O–H groups in total. The summed E-state index contributed by atoms with van der Waals surface area (Å²) in [5.74, 6) is -0.306. The van der Waals surface area contributed by atoms with Gasteiger partial charge in [0.1, 0.15) is 12.4 Å². The summed E-state index contributed by atoms with van der Waals surface area (Å²) < 4.78 is 16.4. The van der Waals surface area contributed by atoms with E-state index in [4.69, 9.17) is 14.2 Å². The molecule has 0 aliphatic carbocycles. The molecule has 0 aliphatic heterocycles. The standard InChI is InChI=1S/C27H37NO6/c1-3-19-34-27(31)28(17-9-8-12-22-10-6-5-7-11-22)18-20-33-24-15-13-23(14-16-24)21-25(26(29)30)32-4-2/h5-7,10-11,13-16,25H,3-4,8-9,12,17-21H2,1-2H3,(H,29,30). The van der Waals surface area contributed by atoms with E-state index >= 15 is 0 Å². The van der Waals surface area contributed by atoms with Crippen molar-refractivity contribution in [1.82, 2.24) is 4.90 Å². The van der Waals surface area contributed by atoms with Crippen LogP contribution in [0.3, 0.4) is 0 Å². The number of ether oxygens (including phenoxy) is 3. The summed E-state index contributed by atoms with van der Waals surface area (Å²) in [6, 6.07) is 17.6. The smallest absolute Gasteiger partial charge is 0.409 e. The van der Waals surface area contributed by atoms with Crippen molar-refractivity contribution in [3.8, 4) is 5.75 Å². The van der Waals surface area contributed by atoms with Crippen LogP contribution in [0.25, 0.3) is 0 Å². The van der Waals surface area contributed by atoms with Gasteiger partial charge in [-0.15, -0.1) is 0 Å². The van der Waals surface area contributed by atoms with Crippen molar-refractivity contribution in [2.24, 2.45) is 0 Å². The minimum Gasteiger partial charge on any atom is -0.492 e. The third kappa shape index (κ3) is 10.3. The van der Waals surface area contributed by atoms with Gasteiger partial charge < -0.3 is 24.2 Å². The lowest BCUT2D eigenvalue weighted by molar-refractivity contribution is -0.149. The highest BCUT2D eigenvalue weighted by atomic mass is 16.6. The summed E-state index contributed by atoms with van der Waals surface area (Å²) in [7, 11) is 0. The Morgan fingerprint density at radius 3 is 2.29 bits per heavy atom. The molecular weight excluding hydrogens is 434 g/mol. The fraction of sp³-hybridized carbons (Fsp3) is 0.481. The van der Waals surface area contributed by atoms with Gasteiger partial charge in [0.05, 0.1) is 13.2 Å². The second-order valence-corrected chi connectivity index (χ2v) is 8.02. The van der Waals surface area contributed by atoms with E-state index in [9.17, 15) is 14.7 Å². The Kier molecular flexibility index (Phi) is 12.6. The maximum absolute atomic E-state index is 12.5. The van der Waals surface area contributed by atoms with Crippen LogP contribution < -0.4 is 4.74 Å². The Balaban J connectivity index is 1.81. The lowest BCUT2D eigenvalue weighted by Gasteiger charge is -2.22. The number of carbonyl (C=O) groups is 2. The molecule has 7 nitrogen and oxygen atoms in total. The van der Waals surface area contributed by atoms with Crippen LogP contribution >= 0.6 is 0 Å². The topological polar surface area (TPSA) is 85.3 Å². The third-order valence-electron chi connectivity index (χ3n) is 5.29. The molecule has 1 amide bonds. The largest absolute Gasteiger partial charge is 0.492 e. The van der Waals surface area contributed by atoms with E-state index in [-0.39, 0.29) is 6.09 Å². The van der Waals surface area contributed by atoms with Gasteiger partial charge in [0.25, 0.3) is 0 Å². The second kappa shape index (κ2) is 15.7. The first-order chi connectivity index (χ1) is 16.5. The summed E-state index contributed by atoms with van der Waals surface area (Å²) in [6.07, 6.45) is 2.76. The first-order valence-electron chi connectivity index (χ1n) is 12.0. The normalized spacial score (nSPS) is 11.6. The van der Waals surface area contributed by atoms with E-state index in [1.54, 1.807) is 24.0 Å². The average molecular weight is 472 g/mol. The molecule has 34 heavy (non-hydrogen) atoms. The van der Waals surface area contributed by atoms with Gasteiger partial charge in [-0.2, -0.15) is 0 Å². The number of carboxylic acid groups (broad SMARTS) is 1. The quantitative estimate of drug-likeness (QED) is 0.348. The molecule has 1 unspecified atom stereocenters. The number of aliphatic carboxylic acids is 1. The van der Waals surface area contributed by atoms with Gasteiger partial charge in [0, 0.05) is 19.6 Å². The van der Waals surface area contributed by atoms with Crippen LogP contribution in [0.1, 0.15) is 44.2 Å². The first kappa shape index (κ1) is 27.2. The number of nitrogens with zero attached hydrogens (tertiary/aromatic N) is 1. The fourth-order valence-corrected chi connectivity index (χ4v) is 3.48. The maximum atomic E-state index is 12.5. The van der Waals surface area contributed by atoms with Crippen molar-refractivity contribution < 1.29 is 28.9 Å². The monoisotopic (exact) mass is 471 g/mol. The zero-order chi connectivity index (χ0) is 24.6. The van der Waals surface area contributed by atoms with Gasteiger partial charge in [-0.3, -0.25) is 0 Å². The number of carbonyl (C=O) groups excluding carboxylic acids is 1. The molecule has 7 heteroatoms. The van der Waals surface area contributed by atoms with Crippen LogP contribution in [-0.4, -0.2) is 61.1 Å². The van der Waals surface area contributed by atoms with Gasteiger partial charge >= 0.3 is 12.1 Å². The summed E-state index contributed by atoms with van der Waals surface area (Å²) in [4.78, 5) is 25.4. The Hall–Kier alpha value is -3.06. The SMILES string of the molecule is CCCOC(=O)N(CCCCc1ccccc1)CCOc1ccc(CC(OCC)C(=O)O)cc1. The lowest BCUT2D eigenvalue weighted by Crippen LogP contribution is -2.36. The number of amides is 1. The zero-order valence-corrected chi connectivity index (χ0v) is 20.3. The molecule has 2 rings (SSSR count). The molecule has 0 heterocycles. The van der Waals surface area contributed by atoms with Crippen LogP contribution in [0.2, 0.25) is 0 Å². The van der Waals surface area contributed by atoms with E-state index < -0.39 is 12.1 Å². The van der Waals surface area contributed by atoms with E-state index in [0.29, 0.717) is 45.1 Å². The third-order valence-corrected chi connectivity index (χ3v) is 5.29. The number of aryl methyl sites for hydroxylation is 1. The minimum absolute atomic E-state index is 0.295. The molecule has 1 atom stereocenters. The molecular formula is C27H37NO6. The number of rotatable bonds is 16. The van der Waals surface area contributed by atoms with Crippen LogP contribution in [0.15, 0.2) is 54.6 Å². The highest BCUT2D eigenvalue weighted by Crippen LogP contribution is 2.15. The molecule has 0 aromatic heterocycles. The average Bonchev–Trinajstić information content (AvgIpc) is 2.85. The molecule has 2 aromatic carbocycles. The van der Waals surface area contributed by atoms with Crippen LogP contribution in [-0.2, 0) is 27.1 Å². The lowest BCUT2D eigenvalue weighted by atomic mass is 10.1. The van der Waals surface area contributed by atoms with Crippen molar-refractivity contribution in [3.63, 3.8) is 0 Å². The van der Waals surface area contributed by atoms with Crippen LogP contribution in [0.4, 0.5) is 4.79 Å². The van der Waals surface area contributed by atoms with Crippen molar-refractivity contribution in [2.75, 3.05) is 32.9 Å². The van der Waals surface area contributed by atoms with Crippen molar-refractivity contribution in [1.29, 1.82) is 0 Å². The number of hydrogen-bond acceptors (Lipinski definition) is 5. The van der Waals surface area contributed by atoms with E-state index in [1.165, 1.54) is 5.56 Å². The summed E-state index contributed by atoms with van der Waals surface area (Å²) in [5.41, 5.74) is 2.15. The Morgan fingerprint density at radius 1 is 0.912 bits per heavy atom. The molecule has 0 fully saturated rings. The van der Waals surface area contributed by atoms with Crippen LogP contribution in [0, 0.1) is 0 Å². The molecule has 0 saturated heterocycles. The first-order valence-corrected chi connectivity index (χ1v) is 12.0. The molecule has 0 aliphatic rings. The summed E-state index contributed by atoms with van der Waals surface area (Å²) in [5, 5.41) is 9.23. The number of benzene rings is 2. The van der Waals surface area contributed by atoms with Gasteiger partial charge in [0.2, 0.25) is 0 Å². The predicted molar refractivity (Wildman–Crippen MR) is 131 cm³/mol. The second-order valence-electron chi connectivity index (χ2n) is 8.02. The Labute approximate surface area is 202 Å². The Bertz CT molecular complexity index is 840. The van der Waals surface area contributed by atoms with Crippen molar-refractivity contribution in [3.05, 3.63) is 65.7 Å². The van der Waals surface area contributed by atoms with Gasteiger partial charge in [-0.05, 0) is 55.9 Å². The fourth-order valence-electron chi connectivity index (χ4n) is 3.48. The predicted octanol–water partition coefficient (Wildman–Crippen LogP) is 4.97. The Morgan fingerprint density at radius 2 is 1.65 bits per heavy atom. The minimum atomic E-state index is -0.971. The molecule has 186 valence electrons. The number of unbranched alkanes of at least 4 members (excludes halogenated alkanes) is 1. The summed E-state index contributed by atoms with van der Waals surface area (Å²) in [6.45, 7) is 5.89. The van der Waals surface area contributed by atoms with Crippen molar-refractivity contribution >= 4 is 12.1 Å². The number of hydrogen-bond donors (Lipinski definition) is 1.